The van der Waals surface area contributed by atoms with E-state index in [1.54, 1.807) is 7.11 Å². The molecule has 0 radical (unpaired) electrons. The predicted molar refractivity (Wildman–Crippen MR) is 72.4 cm³/mol. The first kappa shape index (κ1) is 15.3. The van der Waals surface area contributed by atoms with Gasteiger partial charge in [0.15, 0.2) is 0 Å². The minimum atomic E-state index is -0.550. The lowest BCUT2D eigenvalue weighted by Gasteiger charge is -2.13. The Morgan fingerprint density at radius 3 is 2.74 bits per heavy atom. The van der Waals surface area contributed by atoms with Crippen LogP contribution in [0.3, 0.4) is 0 Å². The molecule has 0 atom stereocenters. The molecule has 2 N–H and O–H groups in total. The summed E-state index contributed by atoms with van der Waals surface area (Å²) in [6, 6.07) is 5.85. The third-order valence-corrected chi connectivity index (χ3v) is 2.71. The molecule has 1 rings (SSSR count). The van der Waals surface area contributed by atoms with Crippen LogP contribution < -0.4 is 10.1 Å². The molecule has 0 heterocycles. The summed E-state index contributed by atoms with van der Waals surface area (Å²) in [6.45, 7) is 4.41. The molecule has 5 nitrogen and oxygen atoms in total. The van der Waals surface area contributed by atoms with Gasteiger partial charge in [0.1, 0.15) is 12.4 Å². The van der Waals surface area contributed by atoms with Crippen molar-refractivity contribution in [3.8, 4) is 5.75 Å². The Kier molecular flexibility index (Phi) is 6.15. The molecule has 1 amide bonds. The van der Waals surface area contributed by atoms with Crippen LogP contribution in [0.15, 0.2) is 18.2 Å². The zero-order valence-electron chi connectivity index (χ0n) is 11.6. The maximum absolute atomic E-state index is 11.3. The number of hydrogen-bond acceptors (Lipinski definition) is 4. The van der Waals surface area contributed by atoms with Crippen LogP contribution in [-0.4, -0.2) is 31.5 Å². The zero-order chi connectivity index (χ0) is 14.3. The SMILES string of the molecule is COc1ccc(C(C)C)cc1COC(=O)NCCO. The smallest absolute Gasteiger partial charge is 0.407 e. The highest BCUT2D eigenvalue weighted by molar-refractivity contribution is 5.67. The maximum atomic E-state index is 11.3. The van der Waals surface area contributed by atoms with Crippen molar-refractivity contribution in [1.82, 2.24) is 5.32 Å². The number of hydrogen-bond donors (Lipinski definition) is 2. The van der Waals surface area contributed by atoms with Gasteiger partial charge in [-0.2, -0.15) is 0 Å². The van der Waals surface area contributed by atoms with Crippen LogP contribution in [0.2, 0.25) is 0 Å². The number of nitrogens with one attached hydrogen (secondary N) is 1. The van der Waals surface area contributed by atoms with Gasteiger partial charge in [0.2, 0.25) is 0 Å². The van der Waals surface area contributed by atoms with Crippen LogP contribution in [0.4, 0.5) is 4.79 Å². The van der Waals surface area contributed by atoms with Gasteiger partial charge in [-0.3, -0.25) is 0 Å². The molecule has 0 saturated carbocycles. The number of methoxy groups -OCH3 is 1. The third-order valence-electron chi connectivity index (χ3n) is 2.71. The van der Waals surface area contributed by atoms with Crippen molar-refractivity contribution in [2.24, 2.45) is 0 Å². The fraction of sp³-hybridized carbons (Fsp3) is 0.500. The van der Waals surface area contributed by atoms with E-state index in [-0.39, 0.29) is 19.8 Å². The summed E-state index contributed by atoms with van der Waals surface area (Å²) < 4.78 is 10.3. The molecule has 1 aromatic rings. The molecule has 106 valence electrons. The van der Waals surface area contributed by atoms with Gasteiger partial charge in [-0.15, -0.1) is 0 Å². The summed E-state index contributed by atoms with van der Waals surface area (Å²) >= 11 is 0. The van der Waals surface area contributed by atoms with Crippen LogP contribution in [0.1, 0.15) is 30.9 Å². The molecule has 0 bridgehead atoms. The third kappa shape index (κ3) is 4.79. The summed E-state index contributed by atoms with van der Waals surface area (Å²) in [7, 11) is 1.58. The molecule has 19 heavy (non-hydrogen) atoms. The summed E-state index contributed by atoms with van der Waals surface area (Å²) in [5, 5.41) is 11.0. The van der Waals surface area contributed by atoms with Gasteiger partial charge in [0.05, 0.1) is 13.7 Å². The fourth-order valence-corrected chi connectivity index (χ4v) is 1.62. The number of alkyl carbamates (subject to hydrolysis) is 1. The second-order valence-electron chi connectivity index (χ2n) is 4.45. The van der Waals surface area contributed by atoms with Crippen LogP contribution in [0, 0.1) is 0 Å². The maximum Gasteiger partial charge on any atom is 0.407 e. The summed E-state index contributed by atoms with van der Waals surface area (Å²) in [5.41, 5.74) is 1.99. The standard InChI is InChI=1S/C14H21NO4/c1-10(2)11-4-5-13(18-3)12(8-11)9-19-14(17)15-6-7-16/h4-5,8,10,16H,6-7,9H2,1-3H3,(H,15,17). The number of amides is 1. The van der Waals surface area contributed by atoms with Gasteiger partial charge in [0, 0.05) is 12.1 Å². The lowest BCUT2D eigenvalue weighted by Crippen LogP contribution is -2.27. The number of rotatable bonds is 6. The van der Waals surface area contributed by atoms with Gasteiger partial charge in [0.25, 0.3) is 0 Å². The molecule has 0 saturated heterocycles. The first-order valence-electron chi connectivity index (χ1n) is 6.26. The second-order valence-corrected chi connectivity index (χ2v) is 4.45. The molecule has 0 aliphatic heterocycles. The molecule has 0 aliphatic carbocycles. The summed E-state index contributed by atoms with van der Waals surface area (Å²) in [6.07, 6.45) is -0.550. The Morgan fingerprint density at radius 2 is 2.16 bits per heavy atom. The molecule has 0 fully saturated rings. The van der Waals surface area contributed by atoms with E-state index in [1.807, 2.05) is 18.2 Å². The van der Waals surface area contributed by atoms with Gasteiger partial charge < -0.3 is 19.9 Å². The highest BCUT2D eigenvalue weighted by Crippen LogP contribution is 2.24. The molecule has 0 aliphatic rings. The summed E-state index contributed by atoms with van der Waals surface area (Å²) in [4.78, 5) is 11.3. The quantitative estimate of drug-likeness (QED) is 0.827. The van der Waals surface area contributed by atoms with Crippen LogP contribution in [0.25, 0.3) is 0 Å². The first-order chi connectivity index (χ1) is 9.08. The zero-order valence-corrected chi connectivity index (χ0v) is 11.6. The highest BCUT2D eigenvalue weighted by Gasteiger charge is 2.09. The Hall–Kier alpha value is -1.75. The largest absolute Gasteiger partial charge is 0.496 e. The van der Waals surface area contributed by atoms with E-state index in [2.05, 4.69) is 19.2 Å². The average Bonchev–Trinajstić information content (AvgIpc) is 2.42. The van der Waals surface area contributed by atoms with Crippen LogP contribution in [-0.2, 0) is 11.3 Å². The van der Waals surface area contributed by atoms with E-state index in [1.165, 1.54) is 0 Å². The number of carbonyl (C=O) groups is 1. The van der Waals surface area contributed by atoms with Crippen molar-refractivity contribution in [2.75, 3.05) is 20.3 Å². The minimum Gasteiger partial charge on any atom is -0.496 e. The molecular weight excluding hydrogens is 246 g/mol. The van der Waals surface area contributed by atoms with E-state index in [0.29, 0.717) is 11.7 Å². The average molecular weight is 267 g/mol. The van der Waals surface area contributed by atoms with E-state index < -0.39 is 6.09 Å². The van der Waals surface area contributed by atoms with Crippen LogP contribution >= 0.6 is 0 Å². The molecule has 0 spiro atoms. The van der Waals surface area contributed by atoms with Crippen molar-refractivity contribution in [1.29, 1.82) is 0 Å². The van der Waals surface area contributed by atoms with Gasteiger partial charge in [-0.25, -0.2) is 4.79 Å². The highest BCUT2D eigenvalue weighted by atomic mass is 16.5. The van der Waals surface area contributed by atoms with Gasteiger partial charge in [-0.1, -0.05) is 19.9 Å². The lowest BCUT2D eigenvalue weighted by molar-refractivity contribution is 0.136. The lowest BCUT2D eigenvalue weighted by atomic mass is 10.0. The second kappa shape index (κ2) is 7.63. The summed E-state index contributed by atoms with van der Waals surface area (Å²) in [5.74, 6) is 1.09. The Balaban J connectivity index is 2.69. The molecule has 0 unspecified atom stereocenters. The van der Waals surface area contributed by atoms with E-state index in [9.17, 15) is 4.79 Å². The van der Waals surface area contributed by atoms with Crippen LogP contribution in [0.5, 0.6) is 5.75 Å². The van der Waals surface area contributed by atoms with Crippen molar-refractivity contribution in [3.63, 3.8) is 0 Å². The number of aliphatic hydroxyl groups excluding tert-OH is 1. The number of benzene rings is 1. The first-order valence-corrected chi connectivity index (χ1v) is 6.26. The molecular formula is C14H21NO4. The van der Waals surface area contributed by atoms with Crippen molar-refractivity contribution in [3.05, 3.63) is 29.3 Å². The number of ether oxygens (including phenoxy) is 2. The Morgan fingerprint density at radius 1 is 1.42 bits per heavy atom. The Labute approximate surface area is 113 Å². The van der Waals surface area contributed by atoms with Gasteiger partial charge >= 0.3 is 6.09 Å². The molecule has 5 heteroatoms. The monoisotopic (exact) mass is 267 g/mol. The number of carbonyl (C=O) groups excluding carboxylic acids is 1. The van der Waals surface area contributed by atoms with E-state index >= 15 is 0 Å². The topological polar surface area (TPSA) is 67.8 Å². The van der Waals surface area contributed by atoms with Crippen molar-refractivity contribution < 1.29 is 19.4 Å². The molecule has 1 aromatic carbocycles. The fourth-order valence-electron chi connectivity index (χ4n) is 1.62. The van der Waals surface area contributed by atoms with Gasteiger partial charge in [-0.05, 0) is 23.6 Å². The van der Waals surface area contributed by atoms with Crippen molar-refractivity contribution >= 4 is 6.09 Å². The predicted octanol–water partition coefficient (Wildman–Crippen LogP) is 2.04. The van der Waals surface area contributed by atoms with Crippen molar-refractivity contribution in [2.45, 2.75) is 26.4 Å². The number of aliphatic hydroxyl groups is 1. The molecule has 0 aromatic heterocycles. The van der Waals surface area contributed by atoms with E-state index in [0.717, 1.165) is 11.1 Å². The minimum absolute atomic E-state index is 0.110. The Bertz CT molecular complexity index is 418. The van der Waals surface area contributed by atoms with E-state index in [4.69, 9.17) is 14.6 Å². The normalized spacial score (nSPS) is 10.4.